The van der Waals surface area contributed by atoms with Gasteiger partial charge in [0.1, 0.15) is 5.75 Å². The highest BCUT2D eigenvalue weighted by Crippen LogP contribution is 2.26. The van der Waals surface area contributed by atoms with Crippen LogP contribution in [0.2, 0.25) is 0 Å². The lowest BCUT2D eigenvalue weighted by Crippen LogP contribution is -2.20. The highest BCUT2D eigenvalue weighted by Gasteiger charge is 2.31. The zero-order valence-electron chi connectivity index (χ0n) is 8.26. The van der Waals surface area contributed by atoms with Gasteiger partial charge in [0.2, 0.25) is 0 Å². The van der Waals surface area contributed by atoms with Crippen LogP contribution in [0.25, 0.3) is 0 Å². The maximum absolute atomic E-state index is 12.0. The van der Waals surface area contributed by atoms with Gasteiger partial charge in [0.25, 0.3) is 0 Å². The second-order valence-corrected chi connectivity index (χ2v) is 3.51. The number of rotatable bonds is 2. The number of alkyl halides is 3. The molecule has 0 atom stereocenters. The van der Waals surface area contributed by atoms with E-state index in [-0.39, 0.29) is 10.9 Å². The number of halogens is 3. The monoisotopic (exact) mass is 250 g/mol. The van der Waals surface area contributed by atoms with E-state index in [9.17, 15) is 13.2 Å². The molecule has 7 heteroatoms. The van der Waals surface area contributed by atoms with E-state index in [1.54, 1.807) is 13.0 Å². The predicted molar refractivity (Wildman–Crippen MR) is 58.3 cm³/mol. The Labute approximate surface area is 95.4 Å². The molecule has 1 rings (SSSR count). The lowest BCUT2D eigenvalue weighted by molar-refractivity contribution is -0.274. The van der Waals surface area contributed by atoms with E-state index in [4.69, 9.17) is 5.73 Å². The van der Waals surface area contributed by atoms with Crippen molar-refractivity contribution in [2.24, 2.45) is 5.73 Å². The molecular formula is C9H9F3N2OS. The summed E-state index contributed by atoms with van der Waals surface area (Å²) in [6, 6.07) is 4.03. The summed E-state index contributed by atoms with van der Waals surface area (Å²) in [5, 5.41) is 2.51. The van der Waals surface area contributed by atoms with Crippen LogP contribution in [0.3, 0.4) is 0 Å². The first-order valence-corrected chi connectivity index (χ1v) is 4.61. The van der Waals surface area contributed by atoms with Crippen LogP contribution in [0.1, 0.15) is 5.56 Å². The molecule has 0 aromatic heterocycles. The quantitative estimate of drug-likeness (QED) is 0.792. The van der Waals surface area contributed by atoms with Crippen molar-refractivity contribution in [2.75, 3.05) is 5.32 Å². The molecule has 0 amide bonds. The minimum Gasteiger partial charge on any atom is -0.406 e. The molecule has 0 unspecified atom stereocenters. The molecule has 0 aliphatic carbocycles. The summed E-state index contributed by atoms with van der Waals surface area (Å²) < 4.78 is 39.7. The molecule has 16 heavy (non-hydrogen) atoms. The van der Waals surface area contributed by atoms with Crippen LogP contribution in [0.4, 0.5) is 18.9 Å². The molecule has 3 nitrogen and oxygen atoms in total. The number of hydrogen-bond acceptors (Lipinski definition) is 2. The maximum atomic E-state index is 12.0. The fourth-order valence-corrected chi connectivity index (χ4v) is 1.27. The van der Waals surface area contributed by atoms with Crippen molar-refractivity contribution >= 4 is 23.0 Å². The van der Waals surface area contributed by atoms with Gasteiger partial charge in [0.05, 0.1) is 0 Å². The third kappa shape index (κ3) is 4.35. The second-order valence-electron chi connectivity index (χ2n) is 3.07. The van der Waals surface area contributed by atoms with Gasteiger partial charge < -0.3 is 15.8 Å². The number of thiocarbonyl (C=S) groups is 1. The summed E-state index contributed by atoms with van der Waals surface area (Å²) in [6.07, 6.45) is -4.71. The summed E-state index contributed by atoms with van der Waals surface area (Å²) in [6.45, 7) is 1.63. The average Bonchev–Trinajstić information content (AvgIpc) is 1.96. The summed E-state index contributed by atoms with van der Waals surface area (Å²) in [5.74, 6) is -0.314. The van der Waals surface area contributed by atoms with Gasteiger partial charge >= 0.3 is 6.36 Å². The van der Waals surface area contributed by atoms with Crippen LogP contribution >= 0.6 is 12.2 Å². The number of nitrogens with one attached hydrogen (secondary N) is 1. The van der Waals surface area contributed by atoms with Gasteiger partial charge in [-0.15, -0.1) is 13.2 Å². The fourth-order valence-electron chi connectivity index (χ4n) is 1.15. The van der Waals surface area contributed by atoms with Crippen LogP contribution in [0.15, 0.2) is 18.2 Å². The largest absolute Gasteiger partial charge is 0.573 e. The Hall–Kier alpha value is -1.50. The summed E-state index contributed by atoms with van der Waals surface area (Å²) in [7, 11) is 0. The van der Waals surface area contributed by atoms with Crippen molar-refractivity contribution in [2.45, 2.75) is 13.3 Å². The lowest BCUT2D eigenvalue weighted by atomic mass is 10.2. The van der Waals surface area contributed by atoms with Gasteiger partial charge in [-0.25, -0.2) is 0 Å². The molecule has 0 spiro atoms. The van der Waals surface area contributed by atoms with Gasteiger partial charge in [-0.1, -0.05) is 0 Å². The second kappa shape index (κ2) is 4.56. The molecule has 1 aromatic carbocycles. The minimum atomic E-state index is -4.71. The zero-order chi connectivity index (χ0) is 12.3. The molecule has 0 saturated heterocycles. The van der Waals surface area contributed by atoms with E-state index >= 15 is 0 Å². The first-order valence-electron chi connectivity index (χ1n) is 4.20. The van der Waals surface area contributed by atoms with Gasteiger partial charge in [-0.2, -0.15) is 0 Å². The molecule has 88 valence electrons. The smallest absolute Gasteiger partial charge is 0.406 e. The van der Waals surface area contributed by atoms with Crippen molar-refractivity contribution in [1.82, 2.24) is 0 Å². The third-order valence-corrected chi connectivity index (χ3v) is 1.65. The first kappa shape index (κ1) is 12.6. The summed E-state index contributed by atoms with van der Waals surface area (Å²) >= 11 is 4.58. The highest BCUT2D eigenvalue weighted by molar-refractivity contribution is 7.80. The van der Waals surface area contributed by atoms with Crippen molar-refractivity contribution < 1.29 is 17.9 Å². The Morgan fingerprint density at radius 3 is 2.50 bits per heavy atom. The number of nitrogens with two attached hydrogens (primary N) is 1. The van der Waals surface area contributed by atoms with Crippen molar-refractivity contribution in [3.63, 3.8) is 0 Å². The Balaban J connectivity index is 2.94. The maximum Gasteiger partial charge on any atom is 0.573 e. The van der Waals surface area contributed by atoms with Gasteiger partial charge in [0, 0.05) is 11.8 Å². The highest BCUT2D eigenvalue weighted by atomic mass is 32.1. The molecule has 0 bridgehead atoms. The zero-order valence-corrected chi connectivity index (χ0v) is 9.08. The molecule has 0 saturated carbocycles. The number of hydrogen-bond donors (Lipinski definition) is 2. The molecule has 0 heterocycles. The van der Waals surface area contributed by atoms with Crippen LogP contribution < -0.4 is 15.8 Å². The van der Waals surface area contributed by atoms with Gasteiger partial charge in [0.15, 0.2) is 5.11 Å². The Kier molecular flexibility index (Phi) is 3.58. The number of aryl methyl sites for hydroxylation is 1. The van der Waals surface area contributed by atoms with E-state index in [0.29, 0.717) is 11.3 Å². The van der Waals surface area contributed by atoms with Crippen molar-refractivity contribution in [3.05, 3.63) is 23.8 Å². The fraction of sp³-hybridized carbons (Fsp3) is 0.222. The molecular weight excluding hydrogens is 241 g/mol. The summed E-state index contributed by atoms with van der Waals surface area (Å²) in [4.78, 5) is 0. The number of benzene rings is 1. The Morgan fingerprint density at radius 2 is 2.00 bits per heavy atom. The van der Waals surface area contributed by atoms with Crippen molar-refractivity contribution in [1.29, 1.82) is 0 Å². The Morgan fingerprint density at radius 1 is 1.38 bits per heavy atom. The summed E-state index contributed by atoms with van der Waals surface area (Å²) in [5.41, 5.74) is 6.16. The van der Waals surface area contributed by atoms with Crippen LogP contribution in [-0.4, -0.2) is 11.5 Å². The van der Waals surface area contributed by atoms with E-state index in [1.807, 2.05) is 0 Å². The van der Waals surface area contributed by atoms with E-state index in [0.717, 1.165) is 0 Å². The van der Waals surface area contributed by atoms with Gasteiger partial charge in [-0.05, 0) is 36.8 Å². The molecule has 0 fully saturated rings. The predicted octanol–water partition coefficient (Wildman–Crippen LogP) is 2.55. The molecule has 0 radical (unpaired) electrons. The SMILES string of the molecule is Cc1cc(NC(N)=S)cc(OC(F)(F)F)c1. The minimum absolute atomic E-state index is 0.0245. The Bertz CT molecular complexity index is 406. The molecule has 3 N–H and O–H groups in total. The third-order valence-electron chi connectivity index (χ3n) is 1.55. The van der Waals surface area contributed by atoms with E-state index in [2.05, 4.69) is 22.3 Å². The lowest BCUT2D eigenvalue weighted by Gasteiger charge is -2.11. The standard InChI is InChI=1S/C9H9F3N2OS/c1-5-2-6(14-8(13)16)4-7(3-5)15-9(10,11)12/h2-4H,1H3,(H3,13,14,16). The first-order chi connectivity index (χ1) is 7.26. The van der Waals surface area contributed by atoms with Crippen LogP contribution in [-0.2, 0) is 0 Å². The molecule has 0 aliphatic rings. The normalized spacial score (nSPS) is 11.0. The van der Waals surface area contributed by atoms with Crippen LogP contribution in [0.5, 0.6) is 5.75 Å². The van der Waals surface area contributed by atoms with Crippen LogP contribution in [0, 0.1) is 6.92 Å². The molecule has 1 aromatic rings. The van der Waals surface area contributed by atoms with E-state index in [1.165, 1.54) is 12.1 Å². The number of ether oxygens (including phenoxy) is 1. The number of anilines is 1. The average molecular weight is 250 g/mol. The molecule has 0 aliphatic heterocycles. The van der Waals surface area contributed by atoms with Gasteiger partial charge in [-0.3, -0.25) is 0 Å². The van der Waals surface area contributed by atoms with E-state index < -0.39 is 6.36 Å². The topological polar surface area (TPSA) is 47.3 Å². The van der Waals surface area contributed by atoms with Crippen molar-refractivity contribution in [3.8, 4) is 5.75 Å².